The Kier molecular flexibility index (Phi) is 5.29. The van der Waals surface area contributed by atoms with Crippen molar-refractivity contribution in [3.63, 3.8) is 0 Å². The van der Waals surface area contributed by atoms with E-state index in [0.29, 0.717) is 6.54 Å². The van der Waals surface area contributed by atoms with E-state index in [1.54, 1.807) is 6.92 Å². The summed E-state index contributed by atoms with van der Waals surface area (Å²) in [5.41, 5.74) is 1.10. The van der Waals surface area contributed by atoms with Crippen molar-refractivity contribution in [1.82, 2.24) is 5.32 Å². The first-order valence-corrected chi connectivity index (χ1v) is 7.69. The van der Waals surface area contributed by atoms with Gasteiger partial charge in [0, 0.05) is 27.1 Å². The molecule has 1 nitrogen and oxygen atoms in total. The Labute approximate surface area is 133 Å². The molecule has 0 amide bonds. The lowest BCUT2D eigenvalue weighted by molar-refractivity contribution is 0.487. The van der Waals surface area contributed by atoms with Crippen LogP contribution >= 0.6 is 31.9 Å². The second kappa shape index (κ2) is 6.78. The molecule has 2 rings (SSSR count). The number of halogens is 4. The third-order valence-electron chi connectivity index (χ3n) is 3.03. The highest BCUT2D eigenvalue weighted by Gasteiger charge is 2.15. The molecule has 0 saturated heterocycles. The van der Waals surface area contributed by atoms with Gasteiger partial charge in [-0.15, -0.1) is 0 Å². The summed E-state index contributed by atoms with van der Waals surface area (Å²) in [6.07, 6.45) is 0. The van der Waals surface area contributed by atoms with E-state index in [0.717, 1.165) is 14.5 Å². The van der Waals surface area contributed by atoms with Crippen LogP contribution in [0.3, 0.4) is 0 Å². The second-order valence-corrected chi connectivity index (χ2v) is 6.20. The van der Waals surface area contributed by atoms with Gasteiger partial charge in [0.25, 0.3) is 0 Å². The topological polar surface area (TPSA) is 12.0 Å². The lowest BCUT2D eigenvalue weighted by atomic mass is 10.1. The molecule has 0 aliphatic carbocycles. The fraction of sp³-hybridized carbons (Fsp3) is 0.200. The van der Waals surface area contributed by atoms with Crippen LogP contribution in [0.2, 0.25) is 0 Å². The number of hydrogen-bond acceptors (Lipinski definition) is 1. The van der Waals surface area contributed by atoms with E-state index in [2.05, 4.69) is 37.2 Å². The second-order valence-electron chi connectivity index (χ2n) is 4.49. The van der Waals surface area contributed by atoms with Crippen LogP contribution in [0.4, 0.5) is 8.78 Å². The molecule has 1 unspecified atom stereocenters. The summed E-state index contributed by atoms with van der Waals surface area (Å²) in [6.45, 7) is 2.27. The van der Waals surface area contributed by atoms with Gasteiger partial charge >= 0.3 is 0 Å². The normalized spacial score (nSPS) is 12.4. The van der Waals surface area contributed by atoms with E-state index in [1.807, 2.05) is 18.2 Å². The molecule has 0 fully saturated rings. The summed E-state index contributed by atoms with van der Waals surface area (Å²) in [5, 5.41) is 3.13. The maximum Gasteiger partial charge on any atom is 0.130 e. The molecule has 20 heavy (non-hydrogen) atoms. The van der Waals surface area contributed by atoms with Crippen molar-refractivity contribution in [2.75, 3.05) is 0 Å². The number of nitrogens with one attached hydrogen (secondary N) is 1. The molecule has 0 aliphatic heterocycles. The maximum atomic E-state index is 13.6. The van der Waals surface area contributed by atoms with Gasteiger partial charge in [-0.2, -0.15) is 0 Å². The minimum absolute atomic E-state index is 0.0728. The van der Waals surface area contributed by atoms with Crippen molar-refractivity contribution in [3.8, 4) is 0 Å². The Hall–Kier alpha value is -0.780. The monoisotopic (exact) mass is 403 g/mol. The Morgan fingerprint density at radius 2 is 1.70 bits per heavy atom. The van der Waals surface area contributed by atoms with E-state index < -0.39 is 17.7 Å². The Balaban J connectivity index is 2.08. The first-order chi connectivity index (χ1) is 9.49. The van der Waals surface area contributed by atoms with E-state index in [4.69, 9.17) is 0 Å². The van der Waals surface area contributed by atoms with Crippen LogP contribution in [-0.4, -0.2) is 0 Å². The average molecular weight is 405 g/mol. The van der Waals surface area contributed by atoms with Crippen molar-refractivity contribution in [3.05, 3.63) is 68.1 Å². The van der Waals surface area contributed by atoms with E-state index in [9.17, 15) is 8.78 Å². The summed E-state index contributed by atoms with van der Waals surface area (Å²) in [4.78, 5) is 0. The molecule has 0 heterocycles. The third-order valence-corrected chi connectivity index (χ3v) is 4.91. The zero-order valence-corrected chi connectivity index (χ0v) is 13.9. The predicted molar refractivity (Wildman–Crippen MR) is 83.5 cm³/mol. The zero-order valence-electron chi connectivity index (χ0n) is 10.8. The van der Waals surface area contributed by atoms with Crippen LogP contribution in [0.15, 0.2) is 45.3 Å². The molecule has 2 aromatic carbocycles. The predicted octanol–water partition coefficient (Wildman–Crippen LogP) is 5.34. The fourth-order valence-electron chi connectivity index (χ4n) is 1.95. The third kappa shape index (κ3) is 3.65. The highest BCUT2D eigenvalue weighted by Crippen LogP contribution is 2.25. The summed E-state index contributed by atoms with van der Waals surface area (Å²) in [6, 6.07) is 9.34. The van der Waals surface area contributed by atoms with Crippen molar-refractivity contribution >= 4 is 31.9 Å². The van der Waals surface area contributed by atoms with Crippen LogP contribution in [0, 0.1) is 11.6 Å². The molecule has 2 aromatic rings. The molecule has 1 N–H and O–H groups in total. The van der Waals surface area contributed by atoms with Crippen LogP contribution in [-0.2, 0) is 6.54 Å². The summed E-state index contributed by atoms with van der Waals surface area (Å²) in [5.74, 6) is -1.05. The maximum absolute atomic E-state index is 13.6. The van der Waals surface area contributed by atoms with Gasteiger partial charge in [-0.25, -0.2) is 8.78 Å². The first-order valence-electron chi connectivity index (χ1n) is 6.10. The Morgan fingerprint density at radius 3 is 2.30 bits per heavy atom. The van der Waals surface area contributed by atoms with Crippen LogP contribution < -0.4 is 5.32 Å². The standard InChI is InChI=1S/C15H13Br2F2N/c1-9(15-13(18)3-2-4-14(15)19)20-8-10-5-6-11(16)12(17)7-10/h2-7,9,20H,8H2,1H3. The van der Waals surface area contributed by atoms with E-state index in [-0.39, 0.29) is 5.56 Å². The van der Waals surface area contributed by atoms with E-state index in [1.165, 1.54) is 18.2 Å². The zero-order chi connectivity index (χ0) is 14.7. The molecule has 0 radical (unpaired) electrons. The summed E-state index contributed by atoms with van der Waals surface area (Å²) in [7, 11) is 0. The highest BCUT2D eigenvalue weighted by atomic mass is 79.9. The molecular weight excluding hydrogens is 392 g/mol. The van der Waals surface area contributed by atoms with Gasteiger partial charge in [-0.1, -0.05) is 12.1 Å². The molecule has 106 valence electrons. The van der Waals surface area contributed by atoms with Crippen molar-refractivity contribution in [2.24, 2.45) is 0 Å². The average Bonchev–Trinajstić information content (AvgIpc) is 2.40. The van der Waals surface area contributed by atoms with Gasteiger partial charge in [-0.3, -0.25) is 0 Å². The van der Waals surface area contributed by atoms with Crippen LogP contribution in [0.25, 0.3) is 0 Å². The molecule has 0 aromatic heterocycles. The quantitative estimate of drug-likeness (QED) is 0.725. The summed E-state index contributed by atoms with van der Waals surface area (Å²) < 4.78 is 29.2. The molecule has 0 aliphatic rings. The molecule has 0 bridgehead atoms. The summed E-state index contributed by atoms with van der Waals surface area (Å²) >= 11 is 6.83. The minimum atomic E-state index is -0.526. The van der Waals surface area contributed by atoms with Gasteiger partial charge in [0.2, 0.25) is 0 Å². The SMILES string of the molecule is CC(NCc1ccc(Br)c(Br)c1)c1c(F)cccc1F. The smallest absolute Gasteiger partial charge is 0.130 e. The van der Waals surface area contributed by atoms with Crippen molar-refractivity contribution < 1.29 is 8.78 Å². The minimum Gasteiger partial charge on any atom is -0.306 e. The number of hydrogen-bond donors (Lipinski definition) is 1. The molecule has 1 atom stereocenters. The van der Waals surface area contributed by atoms with Gasteiger partial charge in [-0.05, 0) is 68.6 Å². The van der Waals surface area contributed by atoms with Gasteiger partial charge in [0.05, 0.1) is 0 Å². The van der Waals surface area contributed by atoms with Crippen LogP contribution in [0.1, 0.15) is 24.1 Å². The Morgan fingerprint density at radius 1 is 1.05 bits per heavy atom. The lowest BCUT2D eigenvalue weighted by Gasteiger charge is -2.16. The van der Waals surface area contributed by atoms with E-state index >= 15 is 0 Å². The van der Waals surface area contributed by atoms with Gasteiger partial charge in [0.15, 0.2) is 0 Å². The molecule has 0 saturated carbocycles. The fourth-order valence-corrected chi connectivity index (χ4v) is 2.62. The van der Waals surface area contributed by atoms with Gasteiger partial charge in [0.1, 0.15) is 11.6 Å². The number of benzene rings is 2. The lowest BCUT2D eigenvalue weighted by Crippen LogP contribution is -2.20. The molecule has 5 heteroatoms. The first kappa shape index (κ1) is 15.6. The van der Waals surface area contributed by atoms with Gasteiger partial charge < -0.3 is 5.32 Å². The highest BCUT2D eigenvalue weighted by molar-refractivity contribution is 9.13. The number of rotatable bonds is 4. The van der Waals surface area contributed by atoms with Crippen molar-refractivity contribution in [2.45, 2.75) is 19.5 Å². The molecular formula is C15H13Br2F2N. The largest absolute Gasteiger partial charge is 0.306 e. The Bertz CT molecular complexity index is 597. The van der Waals surface area contributed by atoms with Crippen LogP contribution in [0.5, 0.6) is 0 Å². The van der Waals surface area contributed by atoms with Crippen molar-refractivity contribution in [1.29, 1.82) is 0 Å². The molecule has 0 spiro atoms.